The Kier molecular flexibility index (Phi) is 3.28. The van der Waals surface area contributed by atoms with Gasteiger partial charge in [-0.2, -0.15) is 0 Å². The van der Waals surface area contributed by atoms with Crippen LogP contribution < -0.4 is 5.73 Å². The number of nitrogens with zero attached hydrogens (tertiary/aromatic N) is 1. The van der Waals surface area contributed by atoms with Crippen LogP contribution in [0.25, 0.3) is 0 Å². The lowest BCUT2D eigenvalue weighted by molar-refractivity contribution is 0.226. The van der Waals surface area contributed by atoms with E-state index >= 15 is 0 Å². The summed E-state index contributed by atoms with van der Waals surface area (Å²) in [7, 11) is 0. The van der Waals surface area contributed by atoms with Crippen LogP contribution >= 0.6 is 11.8 Å². The third-order valence-corrected chi connectivity index (χ3v) is 3.38. The fraction of sp³-hybridized carbons (Fsp3) is 0.364. The van der Waals surface area contributed by atoms with E-state index in [0.717, 1.165) is 17.9 Å². The molecule has 2 N–H and O–H groups in total. The summed E-state index contributed by atoms with van der Waals surface area (Å²) in [5.41, 5.74) is 7.12. The molecule has 1 aromatic carbocycles. The number of hydrogen-bond donors (Lipinski definition) is 1. The number of hydrogen-bond acceptors (Lipinski definition) is 3. The zero-order valence-corrected chi connectivity index (χ0v) is 9.24. The standard InChI is InChI=1S/C11H14N2OS/c12-10(9-4-2-1-3-5-9)8-13-6-7-15-11(13)14/h1-5,10H,6-8,12H2/t10-/m0/s1. The van der Waals surface area contributed by atoms with Crippen LogP contribution in [0.3, 0.4) is 0 Å². The van der Waals surface area contributed by atoms with Crippen molar-refractivity contribution in [3.8, 4) is 0 Å². The second-order valence-electron chi connectivity index (χ2n) is 3.58. The summed E-state index contributed by atoms with van der Waals surface area (Å²) in [6, 6.07) is 9.82. The third kappa shape index (κ3) is 2.52. The van der Waals surface area contributed by atoms with Crippen molar-refractivity contribution in [3.05, 3.63) is 35.9 Å². The fourth-order valence-electron chi connectivity index (χ4n) is 1.63. The van der Waals surface area contributed by atoms with E-state index in [1.807, 2.05) is 35.2 Å². The summed E-state index contributed by atoms with van der Waals surface area (Å²) in [6.45, 7) is 1.44. The molecule has 0 aromatic heterocycles. The topological polar surface area (TPSA) is 46.3 Å². The molecule has 1 aromatic rings. The summed E-state index contributed by atoms with van der Waals surface area (Å²) in [5.74, 6) is 0.889. The van der Waals surface area contributed by atoms with Crippen molar-refractivity contribution >= 4 is 17.0 Å². The minimum Gasteiger partial charge on any atom is -0.331 e. The first kappa shape index (κ1) is 10.5. The first-order chi connectivity index (χ1) is 7.27. The Hall–Kier alpha value is -1.00. The lowest BCUT2D eigenvalue weighted by atomic mass is 10.1. The van der Waals surface area contributed by atoms with Crippen molar-refractivity contribution in [1.82, 2.24) is 4.90 Å². The number of amides is 1. The van der Waals surface area contributed by atoms with Crippen molar-refractivity contribution in [2.75, 3.05) is 18.8 Å². The van der Waals surface area contributed by atoms with Crippen LogP contribution in [0.2, 0.25) is 0 Å². The van der Waals surface area contributed by atoms with Crippen LogP contribution in [0.4, 0.5) is 4.79 Å². The number of nitrogens with two attached hydrogens (primary N) is 1. The first-order valence-corrected chi connectivity index (χ1v) is 5.98. The van der Waals surface area contributed by atoms with Crippen LogP contribution in [0.5, 0.6) is 0 Å². The maximum absolute atomic E-state index is 11.4. The lowest BCUT2D eigenvalue weighted by Gasteiger charge is -2.20. The van der Waals surface area contributed by atoms with E-state index in [2.05, 4.69) is 0 Å². The molecule has 1 saturated heterocycles. The Morgan fingerprint density at radius 1 is 1.40 bits per heavy atom. The van der Waals surface area contributed by atoms with Gasteiger partial charge in [0.1, 0.15) is 0 Å². The molecule has 0 bridgehead atoms. The Morgan fingerprint density at radius 3 is 2.73 bits per heavy atom. The van der Waals surface area contributed by atoms with E-state index in [1.165, 1.54) is 11.8 Å². The van der Waals surface area contributed by atoms with Gasteiger partial charge in [-0.05, 0) is 5.56 Å². The zero-order chi connectivity index (χ0) is 10.7. The van der Waals surface area contributed by atoms with Gasteiger partial charge in [0, 0.05) is 24.9 Å². The minimum atomic E-state index is -0.0751. The Balaban J connectivity index is 1.98. The fourth-order valence-corrected chi connectivity index (χ4v) is 2.47. The molecule has 0 saturated carbocycles. The highest BCUT2D eigenvalue weighted by atomic mass is 32.2. The summed E-state index contributed by atoms with van der Waals surface area (Å²) in [6.07, 6.45) is 0. The SMILES string of the molecule is N[C@@H](CN1CCSC1=O)c1ccccc1. The predicted molar refractivity (Wildman–Crippen MR) is 62.8 cm³/mol. The lowest BCUT2D eigenvalue weighted by Crippen LogP contribution is -2.32. The molecular weight excluding hydrogens is 208 g/mol. The quantitative estimate of drug-likeness (QED) is 0.849. The van der Waals surface area contributed by atoms with Gasteiger partial charge in [0.15, 0.2) is 0 Å². The smallest absolute Gasteiger partial charge is 0.281 e. The van der Waals surface area contributed by atoms with Crippen LogP contribution in [0.1, 0.15) is 11.6 Å². The minimum absolute atomic E-state index is 0.0751. The Labute approximate surface area is 93.6 Å². The molecule has 1 atom stereocenters. The molecule has 0 spiro atoms. The summed E-state index contributed by atoms with van der Waals surface area (Å²) in [4.78, 5) is 13.2. The van der Waals surface area contributed by atoms with E-state index in [-0.39, 0.29) is 11.3 Å². The van der Waals surface area contributed by atoms with Gasteiger partial charge in [0.25, 0.3) is 5.24 Å². The van der Waals surface area contributed by atoms with Crippen molar-refractivity contribution in [1.29, 1.82) is 0 Å². The number of rotatable bonds is 3. The van der Waals surface area contributed by atoms with Gasteiger partial charge in [-0.15, -0.1) is 0 Å². The summed E-state index contributed by atoms with van der Waals surface area (Å²) in [5, 5.41) is 0.154. The maximum Gasteiger partial charge on any atom is 0.281 e. The average molecular weight is 222 g/mol. The highest BCUT2D eigenvalue weighted by Crippen LogP contribution is 2.20. The molecule has 0 radical (unpaired) electrons. The van der Waals surface area contributed by atoms with Crippen LogP contribution in [-0.2, 0) is 0 Å². The molecule has 4 heteroatoms. The van der Waals surface area contributed by atoms with Gasteiger partial charge < -0.3 is 10.6 Å². The Morgan fingerprint density at radius 2 is 2.13 bits per heavy atom. The highest BCUT2D eigenvalue weighted by Gasteiger charge is 2.23. The molecule has 1 aliphatic heterocycles. The van der Waals surface area contributed by atoms with Crippen LogP contribution in [0.15, 0.2) is 30.3 Å². The zero-order valence-electron chi connectivity index (χ0n) is 8.43. The monoisotopic (exact) mass is 222 g/mol. The maximum atomic E-state index is 11.4. The van der Waals surface area contributed by atoms with Gasteiger partial charge in [-0.3, -0.25) is 4.79 Å². The second-order valence-corrected chi connectivity index (χ2v) is 4.62. The van der Waals surface area contributed by atoms with E-state index in [9.17, 15) is 4.79 Å². The van der Waals surface area contributed by atoms with Crippen molar-refractivity contribution < 1.29 is 4.79 Å². The largest absolute Gasteiger partial charge is 0.331 e. The van der Waals surface area contributed by atoms with Gasteiger partial charge in [0.2, 0.25) is 0 Å². The average Bonchev–Trinajstić information content (AvgIpc) is 2.66. The van der Waals surface area contributed by atoms with Crippen molar-refractivity contribution in [2.24, 2.45) is 5.73 Å². The van der Waals surface area contributed by atoms with E-state index < -0.39 is 0 Å². The molecule has 1 fully saturated rings. The Bertz CT molecular complexity index is 342. The van der Waals surface area contributed by atoms with Gasteiger partial charge in [-0.1, -0.05) is 42.1 Å². The third-order valence-electron chi connectivity index (χ3n) is 2.49. The molecule has 1 aliphatic rings. The first-order valence-electron chi connectivity index (χ1n) is 4.99. The molecule has 1 heterocycles. The summed E-state index contributed by atoms with van der Waals surface area (Å²) < 4.78 is 0. The van der Waals surface area contributed by atoms with E-state index in [1.54, 1.807) is 0 Å². The molecule has 2 rings (SSSR count). The molecule has 0 aliphatic carbocycles. The molecular formula is C11H14N2OS. The molecule has 0 unspecified atom stereocenters. The summed E-state index contributed by atoms with van der Waals surface area (Å²) >= 11 is 1.37. The predicted octanol–water partition coefficient (Wildman–Crippen LogP) is 1.86. The number of thioether (sulfide) groups is 1. The van der Waals surface area contributed by atoms with E-state index in [0.29, 0.717) is 6.54 Å². The second kappa shape index (κ2) is 4.68. The number of carbonyl (C=O) groups is 1. The van der Waals surface area contributed by atoms with Crippen LogP contribution in [-0.4, -0.2) is 29.0 Å². The van der Waals surface area contributed by atoms with Crippen molar-refractivity contribution in [3.63, 3.8) is 0 Å². The number of benzene rings is 1. The van der Waals surface area contributed by atoms with Crippen molar-refractivity contribution in [2.45, 2.75) is 6.04 Å². The molecule has 80 valence electrons. The molecule has 3 nitrogen and oxygen atoms in total. The normalized spacial score (nSPS) is 18.2. The van der Waals surface area contributed by atoms with Gasteiger partial charge in [-0.25, -0.2) is 0 Å². The van der Waals surface area contributed by atoms with Crippen LogP contribution in [0, 0.1) is 0 Å². The highest BCUT2D eigenvalue weighted by molar-refractivity contribution is 8.13. The van der Waals surface area contributed by atoms with Gasteiger partial charge >= 0.3 is 0 Å². The number of carbonyl (C=O) groups excluding carboxylic acids is 1. The van der Waals surface area contributed by atoms with E-state index in [4.69, 9.17) is 5.73 Å². The molecule has 1 amide bonds. The molecule has 15 heavy (non-hydrogen) atoms. The van der Waals surface area contributed by atoms with Gasteiger partial charge in [0.05, 0.1) is 0 Å².